The van der Waals surface area contributed by atoms with E-state index in [4.69, 9.17) is 4.42 Å². The van der Waals surface area contributed by atoms with Crippen LogP contribution in [0.3, 0.4) is 0 Å². The Kier molecular flexibility index (Phi) is 3.51. The summed E-state index contributed by atoms with van der Waals surface area (Å²) in [7, 11) is 0. The van der Waals surface area contributed by atoms with Gasteiger partial charge in [0.2, 0.25) is 0 Å². The first-order valence-electron chi connectivity index (χ1n) is 4.87. The van der Waals surface area contributed by atoms with E-state index in [2.05, 4.69) is 20.9 Å². The van der Waals surface area contributed by atoms with Gasteiger partial charge >= 0.3 is 0 Å². The summed E-state index contributed by atoms with van der Waals surface area (Å²) in [5.74, 6) is 0.499. The lowest BCUT2D eigenvalue weighted by Crippen LogP contribution is -2.00. The van der Waals surface area contributed by atoms with Crippen LogP contribution in [0.15, 0.2) is 41.0 Å². The lowest BCUT2D eigenvalue weighted by atomic mass is 10.1. The highest BCUT2D eigenvalue weighted by Gasteiger charge is 2.10. The Hall–Kier alpha value is -1.42. The van der Waals surface area contributed by atoms with Crippen molar-refractivity contribution in [2.75, 3.05) is 5.33 Å². The summed E-state index contributed by atoms with van der Waals surface area (Å²) in [5.41, 5.74) is 1.49. The van der Waals surface area contributed by atoms with Crippen molar-refractivity contribution in [3.05, 3.63) is 53.7 Å². The monoisotopic (exact) mass is 279 g/mol. The number of rotatable bonds is 4. The van der Waals surface area contributed by atoms with E-state index in [1.54, 1.807) is 0 Å². The van der Waals surface area contributed by atoms with Gasteiger partial charge in [0.25, 0.3) is 0 Å². The largest absolute Gasteiger partial charge is 0.448 e. The number of ketones is 1. The number of carbonyl (C=O) groups is 1. The molecule has 2 rings (SSSR count). The fourth-order valence-electron chi connectivity index (χ4n) is 1.36. The summed E-state index contributed by atoms with van der Waals surface area (Å²) in [4.78, 5) is 15.4. The van der Waals surface area contributed by atoms with E-state index in [0.717, 1.165) is 5.56 Å². The normalized spacial score (nSPS) is 10.3. The van der Waals surface area contributed by atoms with Crippen LogP contribution in [0.5, 0.6) is 0 Å². The molecule has 0 radical (unpaired) electrons. The van der Waals surface area contributed by atoms with Crippen LogP contribution in [0.1, 0.15) is 21.9 Å². The summed E-state index contributed by atoms with van der Waals surface area (Å²) < 4.78 is 5.24. The first kappa shape index (κ1) is 11.1. The molecule has 3 nitrogen and oxygen atoms in total. The molecular weight excluding hydrogens is 270 g/mol. The minimum absolute atomic E-state index is 0.0666. The van der Waals surface area contributed by atoms with E-state index >= 15 is 0 Å². The zero-order valence-corrected chi connectivity index (χ0v) is 10.1. The summed E-state index contributed by atoms with van der Waals surface area (Å²) in [6.45, 7) is 0. The Labute approximate surface area is 102 Å². The van der Waals surface area contributed by atoms with E-state index in [1.165, 1.54) is 6.26 Å². The van der Waals surface area contributed by atoms with Crippen LogP contribution in [-0.4, -0.2) is 16.1 Å². The molecule has 2 aromatic rings. The van der Waals surface area contributed by atoms with Crippen molar-refractivity contribution in [1.29, 1.82) is 0 Å². The first-order chi connectivity index (χ1) is 7.79. The topological polar surface area (TPSA) is 43.1 Å². The zero-order valence-electron chi connectivity index (χ0n) is 8.52. The van der Waals surface area contributed by atoms with Crippen LogP contribution >= 0.6 is 15.9 Å². The molecule has 1 aromatic heterocycles. The van der Waals surface area contributed by atoms with Gasteiger partial charge in [0.15, 0.2) is 11.7 Å². The third-order valence-corrected chi connectivity index (χ3v) is 2.67. The number of Topliss-reactive ketones (excluding diaryl/α,β-unsaturated/α-hetero) is 1. The molecule has 0 atom stereocenters. The number of oxazole rings is 1. The van der Waals surface area contributed by atoms with Crippen molar-refractivity contribution in [3.63, 3.8) is 0 Å². The average molecular weight is 280 g/mol. The molecule has 0 fully saturated rings. The molecular formula is C12H10BrNO2. The molecule has 0 saturated heterocycles. The van der Waals surface area contributed by atoms with Crippen molar-refractivity contribution in [2.24, 2.45) is 0 Å². The van der Waals surface area contributed by atoms with Crippen molar-refractivity contribution in [3.8, 4) is 0 Å². The Morgan fingerprint density at radius 2 is 2.06 bits per heavy atom. The van der Waals surface area contributed by atoms with Crippen LogP contribution in [0.25, 0.3) is 0 Å². The third-order valence-electron chi connectivity index (χ3n) is 2.16. The molecule has 0 spiro atoms. The summed E-state index contributed by atoms with van der Waals surface area (Å²) >= 11 is 3.10. The van der Waals surface area contributed by atoms with E-state index in [9.17, 15) is 4.79 Å². The number of alkyl halides is 1. The minimum atomic E-state index is -0.0666. The van der Waals surface area contributed by atoms with Gasteiger partial charge in [0.05, 0.1) is 5.33 Å². The van der Waals surface area contributed by atoms with Gasteiger partial charge in [-0.25, -0.2) is 4.98 Å². The Bertz CT molecular complexity index is 479. The van der Waals surface area contributed by atoms with E-state index < -0.39 is 0 Å². The number of hydrogen-bond acceptors (Lipinski definition) is 3. The summed E-state index contributed by atoms with van der Waals surface area (Å²) in [6.07, 6.45) is 2.01. The number of carbonyl (C=O) groups excluding carboxylic acids is 1. The number of benzene rings is 1. The Balaban J connectivity index is 2.12. The second kappa shape index (κ2) is 5.07. The van der Waals surface area contributed by atoms with Crippen molar-refractivity contribution < 1.29 is 9.21 Å². The number of aromatic nitrogens is 1. The molecule has 0 saturated carbocycles. The fourth-order valence-corrected chi connectivity index (χ4v) is 1.65. The molecule has 1 aromatic carbocycles. The smallest absolute Gasteiger partial charge is 0.199 e. The SMILES string of the molecule is O=C(CBr)c1coc(Cc2ccccc2)n1. The van der Waals surface area contributed by atoms with E-state index in [1.807, 2.05) is 30.3 Å². The van der Waals surface area contributed by atoms with Crippen LogP contribution in [0, 0.1) is 0 Å². The predicted octanol–water partition coefficient (Wildman–Crippen LogP) is 2.84. The molecule has 0 unspecified atom stereocenters. The average Bonchev–Trinajstić information content (AvgIpc) is 2.78. The molecule has 16 heavy (non-hydrogen) atoms. The Morgan fingerprint density at radius 1 is 1.31 bits per heavy atom. The lowest BCUT2D eigenvalue weighted by molar-refractivity contribution is 0.101. The molecule has 82 valence electrons. The number of nitrogens with zero attached hydrogens (tertiary/aromatic N) is 1. The minimum Gasteiger partial charge on any atom is -0.448 e. The highest BCUT2D eigenvalue weighted by atomic mass is 79.9. The molecule has 0 amide bonds. The van der Waals surface area contributed by atoms with Gasteiger partial charge in [-0.05, 0) is 5.56 Å². The molecule has 0 N–H and O–H groups in total. The molecule has 0 aliphatic heterocycles. The van der Waals surface area contributed by atoms with Gasteiger partial charge in [-0.15, -0.1) is 0 Å². The molecule has 4 heteroatoms. The second-order valence-corrected chi connectivity index (χ2v) is 3.91. The van der Waals surface area contributed by atoms with Gasteiger partial charge in [-0.3, -0.25) is 4.79 Å². The highest BCUT2D eigenvalue weighted by Crippen LogP contribution is 2.10. The van der Waals surface area contributed by atoms with Crippen molar-refractivity contribution in [2.45, 2.75) is 6.42 Å². The fraction of sp³-hybridized carbons (Fsp3) is 0.167. The van der Waals surface area contributed by atoms with Crippen LogP contribution < -0.4 is 0 Å². The van der Waals surface area contributed by atoms with Crippen LogP contribution in [0.4, 0.5) is 0 Å². The standard InChI is InChI=1S/C12H10BrNO2/c13-7-11(15)10-8-16-12(14-10)6-9-4-2-1-3-5-9/h1-5,8H,6-7H2. The van der Waals surface area contributed by atoms with Gasteiger partial charge in [0.1, 0.15) is 12.0 Å². The van der Waals surface area contributed by atoms with Crippen molar-refractivity contribution in [1.82, 2.24) is 4.98 Å². The molecule has 0 aliphatic carbocycles. The maximum atomic E-state index is 11.3. The van der Waals surface area contributed by atoms with E-state index in [-0.39, 0.29) is 11.1 Å². The maximum absolute atomic E-state index is 11.3. The van der Waals surface area contributed by atoms with Crippen molar-refractivity contribution >= 4 is 21.7 Å². The zero-order chi connectivity index (χ0) is 11.4. The molecule has 0 bridgehead atoms. The number of hydrogen-bond donors (Lipinski definition) is 0. The lowest BCUT2D eigenvalue weighted by Gasteiger charge is -1.94. The van der Waals surface area contributed by atoms with Gasteiger partial charge in [-0.2, -0.15) is 0 Å². The van der Waals surface area contributed by atoms with Gasteiger partial charge < -0.3 is 4.42 Å². The van der Waals surface area contributed by atoms with Gasteiger partial charge in [-0.1, -0.05) is 46.3 Å². The van der Waals surface area contributed by atoms with E-state index in [0.29, 0.717) is 18.0 Å². The second-order valence-electron chi connectivity index (χ2n) is 3.35. The quantitative estimate of drug-likeness (QED) is 0.639. The summed E-state index contributed by atoms with van der Waals surface area (Å²) in [6, 6.07) is 9.87. The predicted molar refractivity (Wildman–Crippen MR) is 63.9 cm³/mol. The number of halogens is 1. The molecule has 1 heterocycles. The van der Waals surface area contributed by atoms with Crippen LogP contribution in [-0.2, 0) is 6.42 Å². The maximum Gasteiger partial charge on any atom is 0.199 e. The Morgan fingerprint density at radius 3 is 2.75 bits per heavy atom. The molecule has 0 aliphatic rings. The highest BCUT2D eigenvalue weighted by molar-refractivity contribution is 9.09. The summed E-state index contributed by atoms with van der Waals surface area (Å²) in [5, 5.41) is 0.268. The van der Waals surface area contributed by atoms with Crippen LogP contribution in [0.2, 0.25) is 0 Å². The van der Waals surface area contributed by atoms with Gasteiger partial charge in [0, 0.05) is 6.42 Å². The third kappa shape index (κ3) is 2.58. The first-order valence-corrected chi connectivity index (χ1v) is 5.99.